The Hall–Kier alpha value is -2.53. The number of para-hydroxylation sites is 1. The van der Waals surface area contributed by atoms with Gasteiger partial charge in [-0.1, -0.05) is 36.4 Å². The molecule has 5 heteroatoms. The number of nitrogens with zero attached hydrogens (tertiary/aromatic N) is 2. The van der Waals surface area contributed by atoms with Gasteiger partial charge in [0.15, 0.2) is 0 Å². The minimum atomic E-state index is -0.0821. The van der Waals surface area contributed by atoms with Crippen molar-refractivity contribution in [1.82, 2.24) is 15.1 Å². The van der Waals surface area contributed by atoms with E-state index in [1.165, 1.54) is 11.8 Å². The Bertz CT molecular complexity index is 831. The van der Waals surface area contributed by atoms with Crippen molar-refractivity contribution in [2.24, 2.45) is 0 Å². The molecule has 0 unspecified atom stereocenters. The Balaban J connectivity index is 1.62. The van der Waals surface area contributed by atoms with Gasteiger partial charge in [0.2, 0.25) is 5.91 Å². The average Bonchev–Trinajstić information content (AvgIpc) is 3.03. The van der Waals surface area contributed by atoms with Crippen LogP contribution >= 0.6 is 11.8 Å². The highest BCUT2D eigenvalue weighted by Gasteiger charge is 2.16. The number of carbonyl (C=O) groups is 1. The maximum atomic E-state index is 12.2. The second-order valence-corrected chi connectivity index (χ2v) is 6.87. The maximum Gasteiger partial charge on any atom is 0.230 e. The molecule has 3 rings (SSSR count). The zero-order chi connectivity index (χ0) is 17.6. The largest absolute Gasteiger partial charge is 0.349 e. The van der Waals surface area contributed by atoms with E-state index in [4.69, 9.17) is 0 Å². The molecule has 25 heavy (non-hydrogen) atoms. The number of hydrogen-bond donors (Lipinski definition) is 1. The van der Waals surface area contributed by atoms with Gasteiger partial charge in [-0.15, -0.1) is 11.8 Å². The highest BCUT2D eigenvalue weighted by atomic mass is 32.2. The highest BCUT2D eigenvalue weighted by Crippen LogP contribution is 2.21. The van der Waals surface area contributed by atoms with Crippen molar-refractivity contribution in [3.63, 3.8) is 0 Å². The van der Waals surface area contributed by atoms with Crippen molar-refractivity contribution in [3.8, 4) is 5.69 Å². The average molecular weight is 351 g/mol. The number of amides is 1. The van der Waals surface area contributed by atoms with Gasteiger partial charge in [0.25, 0.3) is 0 Å². The lowest BCUT2D eigenvalue weighted by atomic mass is 10.1. The molecule has 0 radical (unpaired) electrons. The van der Waals surface area contributed by atoms with E-state index in [0.29, 0.717) is 5.75 Å². The van der Waals surface area contributed by atoms with Gasteiger partial charge in [0.05, 0.1) is 23.7 Å². The van der Waals surface area contributed by atoms with Gasteiger partial charge < -0.3 is 5.32 Å². The minimum Gasteiger partial charge on any atom is -0.349 e. The van der Waals surface area contributed by atoms with Crippen LogP contribution < -0.4 is 5.32 Å². The molecule has 0 aliphatic heterocycles. The lowest BCUT2D eigenvalue weighted by Crippen LogP contribution is -2.28. The van der Waals surface area contributed by atoms with E-state index < -0.39 is 0 Å². The van der Waals surface area contributed by atoms with E-state index in [1.807, 2.05) is 85.4 Å². The number of hydrogen-bond acceptors (Lipinski definition) is 3. The molecule has 0 aliphatic carbocycles. The first-order valence-corrected chi connectivity index (χ1v) is 9.21. The smallest absolute Gasteiger partial charge is 0.230 e. The number of aromatic nitrogens is 2. The summed E-state index contributed by atoms with van der Waals surface area (Å²) in [5.41, 5.74) is 3.08. The topological polar surface area (TPSA) is 46.9 Å². The van der Waals surface area contributed by atoms with Crippen molar-refractivity contribution in [2.45, 2.75) is 24.8 Å². The summed E-state index contributed by atoms with van der Waals surface area (Å²) in [4.78, 5) is 13.3. The van der Waals surface area contributed by atoms with Gasteiger partial charge in [-0.25, -0.2) is 4.68 Å². The quantitative estimate of drug-likeness (QED) is 0.679. The Labute approximate surface area is 152 Å². The maximum absolute atomic E-state index is 12.2. The monoisotopic (exact) mass is 351 g/mol. The number of rotatable bonds is 6. The Morgan fingerprint density at radius 2 is 1.76 bits per heavy atom. The van der Waals surface area contributed by atoms with Crippen LogP contribution in [-0.2, 0) is 4.79 Å². The summed E-state index contributed by atoms with van der Waals surface area (Å²) in [6.07, 6.45) is 1.83. The third-order valence-corrected chi connectivity index (χ3v) is 5.02. The molecule has 0 aliphatic rings. The molecule has 3 aromatic rings. The van der Waals surface area contributed by atoms with Crippen molar-refractivity contribution in [1.29, 1.82) is 0 Å². The van der Waals surface area contributed by atoms with Crippen LogP contribution in [0.25, 0.3) is 5.69 Å². The second-order valence-electron chi connectivity index (χ2n) is 5.82. The van der Waals surface area contributed by atoms with Crippen LogP contribution in [0.4, 0.5) is 0 Å². The van der Waals surface area contributed by atoms with Gasteiger partial charge in [-0.05, 0) is 38.1 Å². The normalized spacial score (nSPS) is 11.9. The van der Waals surface area contributed by atoms with E-state index in [-0.39, 0.29) is 11.9 Å². The summed E-state index contributed by atoms with van der Waals surface area (Å²) >= 11 is 1.54. The molecule has 0 fully saturated rings. The summed E-state index contributed by atoms with van der Waals surface area (Å²) in [5.74, 6) is 0.424. The van der Waals surface area contributed by atoms with E-state index in [2.05, 4.69) is 10.4 Å². The van der Waals surface area contributed by atoms with Crippen molar-refractivity contribution < 1.29 is 4.79 Å². The number of thioether (sulfide) groups is 1. The highest BCUT2D eigenvalue weighted by molar-refractivity contribution is 8.00. The van der Waals surface area contributed by atoms with Crippen LogP contribution in [0.2, 0.25) is 0 Å². The standard InChI is InChI=1S/C20H21N3OS/c1-15(22-20(24)14-25-18-11-7-4-8-12-18)19-13-21-23(16(19)2)17-9-5-3-6-10-17/h3-13,15H,14H2,1-2H3,(H,22,24)/t15-/m0/s1. The molecule has 1 amide bonds. The summed E-state index contributed by atoms with van der Waals surface area (Å²) < 4.78 is 1.90. The van der Waals surface area contributed by atoms with Crippen LogP contribution in [0, 0.1) is 6.92 Å². The van der Waals surface area contributed by atoms with Crippen LogP contribution in [-0.4, -0.2) is 21.4 Å². The van der Waals surface area contributed by atoms with Crippen molar-refractivity contribution in [3.05, 3.63) is 78.1 Å². The Morgan fingerprint density at radius 3 is 2.44 bits per heavy atom. The Kier molecular flexibility index (Phi) is 5.56. The van der Waals surface area contributed by atoms with Crippen LogP contribution in [0.3, 0.4) is 0 Å². The third kappa shape index (κ3) is 4.31. The van der Waals surface area contributed by atoms with Gasteiger partial charge in [0.1, 0.15) is 0 Å². The van der Waals surface area contributed by atoms with Gasteiger partial charge in [-0.2, -0.15) is 5.10 Å². The summed E-state index contributed by atoms with van der Waals surface area (Å²) in [6.45, 7) is 4.02. The van der Waals surface area contributed by atoms with E-state index in [1.54, 1.807) is 0 Å². The molecule has 1 atom stereocenters. The molecule has 0 bridgehead atoms. The first-order chi connectivity index (χ1) is 12.1. The SMILES string of the molecule is Cc1c([C@H](C)NC(=O)CSc2ccccc2)cnn1-c1ccccc1. The second kappa shape index (κ2) is 8.03. The van der Waals surface area contributed by atoms with Crippen LogP contribution in [0.15, 0.2) is 71.8 Å². The fourth-order valence-electron chi connectivity index (χ4n) is 2.70. The number of nitrogens with one attached hydrogen (secondary N) is 1. The molecular weight excluding hydrogens is 330 g/mol. The summed E-state index contributed by atoms with van der Waals surface area (Å²) in [5, 5.41) is 7.53. The molecule has 2 aromatic carbocycles. The Morgan fingerprint density at radius 1 is 1.12 bits per heavy atom. The molecule has 4 nitrogen and oxygen atoms in total. The fraction of sp³-hybridized carbons (Fsp3) is 0.200. The van der Waals surface area contributed by atoms with Crippen LogP contribution in [0.1, 0.15) is 24.2 Å². The summed E-state index contributed by atoms with van der Waals surface area (Å²) in [7, 11) is 0. The number of benzene rings is 2. The number of carbonyl (C=O) groups excluding carboxylic acids is 1. The molecule has 1 heterocycles. The molecule has 1 aromatic heterocycles. The first-order valence-electron chi connectivity index (χ1n) is 8.22. The van der Waals surface area contributed by atoms with E-state index in [9.17, 15) is 4.79 Å². The van der Waals surface area contributed by atoms with Gasteiger partial charge in [0, 0.05) is 16.2 Å². The lowest BCUT2D eigenvalue weighted by Gasteiger charge is -2.14. The van der Waals surface area contributed by atoms with Crippen molar-refractivity contribution >= 4 is 17.7 Å². The van der Waals surface area contributed by atoms with E-state index in [0.717, 1.165) is 21.8 Å². The molecule has 0 spiro atoms. The third-order valence-electron chi connectivity index (χ3n) is 4.01. The molecule has 128 valence electrons. The molecule has 0 saturated heterocycles. The zero-order valence-corrected chi connectivity index (χ0v) is 15.2. The van der Waals surface area contributed by atoms with Crippen LogP contribution in [0.5, 0.6) is 0 Å². The van der Waals surface area contributed by atoms with E-state index >= 15 is 0 Å². The first kappa shape index (κ1) is 17.3. The van der Waals surface area contributed by atoms with Gasteiger partial charge >= 0.3 is 0 Å². The zero-order valence-electron chi connectivity index (χ0n) is 14.3. The fourth-order valence-corrected chi connectivity index (χ4v) is 3.43. The predicted molar refractivity (Wildman–Crippen MR) is 102 cm³/mol. The minimum absolute atomic E-state index is 0.0215. The molecule has 0 saturated carbocycles. The van der Waals surface area contributed by atoms with Crippen molar-refractivity contribution in [2.75, 3.05) is 5.75 Å². The molecule has 1 N–H and O–H groups in total. The van der Waals surface area contributed by atoms with Gasteiger partial charge in [-0.3, -0.25) is 4.79 Å². The molecular formula is C20H21N3OS. The predicted octanol–water partition coefficient (Wildman–Crippen LogP) is 4.15. The lowest BCUT2D eigenvalue weighted by molar-refractivity contribution is -0.119. The summed E-state index contributed by atoms with van der Waals surface area (Å²) in [6, 6.07) is 19.9.